The van der Waals surface area contributed by atoms with Crippen molar-refractivity contribution in [2.45, 2.75) is 45.2 Å². The minimum Gasteiger partial charge on any atom is -0.382 e. The lowest BCUT2D eigenvalue weighted by atomic mass is 10.0. The van der Waals surface area contributed by atoms with Gasteiger partial charge in [-0.1, -0.05) is 12.1 Å². The highest BCUT2D eigenvalue weighted by Crippen LogP contribution is 2.18. The smallest absolute Gasteiger partial charge is 0.224 e. The first-order valence-electron chi connectivity index (χ1n) is 7.88. The molecule has 0 aromatic heterocycles. The Morgan fingerprint density at radius 1 is 1.24 bits per heavy atom. The summed E-state index contributed by atoms with van der Waals surface area (Å²) in [6, 6.07) is 9.42. The first kappa shape index (κ1) is 15.8. The van der Waals surface area contributed by atoms with Crippen molar-refractivity contribution in [3.63, 3.8) is 0 Å². The van der Waals surface area contributed by atoms with Crippen LogP contribution in [0, 0.1) is 0 Å². The number of anilines is 1. The Balaban J connectivity index is 1.82. The second kappa shape index (κ2) is 7.46. The minimum atomic E-state index is 0.0526. The van der Waals surface area contributed by atoms with Crippen molar-refractivity contribution in [3.8, 4) is 0 Å². The van der Waals surface area contributed by atoms with E-state index < -0.39 is 0 Å². The van der Waals surface area contributed by atoms with Crippen molar-refractivity contribution in [3.05, 3.63) is 29.8 Å². The van der Waals surface area contributed by atoms with Crippen LogP contribution in [0.2, 0.25) is 0 Å². The molecule has 1 aromatic rings. The van der Waals surface area contributed by atoms with Gasteiger partial charge in [-0.25, -0.2) is 0 Å². The van der Waals surface area contributed by atoms with Crippen molar-refractivity contribution >= 4 is 11.6 Å². The molecule has 1 aliphatic rings. The van der Waals surface area contributed by atoms with E-state index in [1.165, 1.54) is 25.9 Å². The third-order valence-corrected chi connectivity index (χ3v) is 4.23. The molecule has 2 rings (SSSR count). The molecule has 4 heteroatoms. The molecule has 0 saturated carbocycles. The maximum absolute atomic E-state index is 11.3. The molecule has 1 amide bonds. The fraction of sp³-hybridized carbons (Fsp3) is 0.588. The molecule has 1 heterocycles. The maximum atomic E-state index is 11.3. The van der Waals surface area contributed by atoms with Crippen LogP contribution in [-0.2, 0) is 11.2 Å². The van der Waals surface area contributed by atoms with E-state index >= 15 is 0 Å². The molecule has 0 bridgehead atoms. The molecule has 1 aromatic carbocycles. The summed E-state index contributed by atoms with van der Waals surface area (Å²) in [6.07, 6.45) is 2.83. The second-order valence-electron chi connectivity index (χ2n) is 6.10. The van der Waals surface area contributed by atoms with E-state index in [1.807, 2.05) is 12.1 Å². The molecular formula is C17H27N3O. The summed E-state index contributed by atoms with van der Waals surface area (Å²) in [5, 5.41) is 6.26. The number of piperidine rings is 1. The summed E-state index contributed by atoms with van der Waals surface area (Å²) in [7, 11) is 1.67. The van der Waals surface area contributed by atoms with Gasteiger partial charge in [0.25, 0.3) is 0 Å². The van der Waals surface area contributed by atoms with Crippen LogP contribution in [0.1, 0.15) is 32.3 Å². The van der Waals surface area contributed by atoms with Gasteiger partial charge in [0, 0.05) is 37.9 Å². The highest BCUT2D eigenvalue weighted by Gasteiger charge is 2.20. The minimum absolute atomic E-state index is 0.0526. The van der Waals surface area contributed by atoms with Gasteiger partial charge in [0.1, 0.15) is 0 Å². The third-order valence-electron chi connectivity index (χ3n) is 4.23. The zero-order valence-corrected chi connectivity index (χ0v) is 13.4. The fourth-order valence-corrected chi connectivity index (χ4v) is 2.79. The van der Waals surface area contributed by atoms with Crippen molar-refractivity contribution in [1.82, 2.24) is 10.2 Å². The number of amides is 1. The molecule has 1 fully saturated rings. The molecule has 21 heavy (non-hydrogen) atoms. The Morgan fingerprint density at radius 2 is 1.86 bits per heavy atom. The summed E-state index contributed by atoms with van der Waals surface area (Å²) < 4.78 is 0. The summed E-state index contributed by atoms with van der Waals surface area (Å²) in [5.74, 6) is 0.0526. The Bertz CT molecular complexity index is 448. The van der Waals surface area contributed by atoms with Gasteiger partial charge in [-0.2, -0.15) is 0 Å². The fourth-order valence-electron chi connectivity index (χ4n) is 2.79. The summed E-state index contributed by atoms with van der Waals surface area (Å²) in [6.45, 7) is 6.87. The van der Waals surface area contributed by atoms with Crippen LogP contribution >= 0.6 is 0 Å². The molecule has 1 saturated heterocycles. The number of carbonyl (C=O) groups is 1. The van der Waals surface area contributed by atoms with E-state index in [1.54, 1.807) is 7.05 Å². The number of hydrogen-bond donors (Lipinski definition) is 2. The molecule has 0 spiro atoms. The van der Waals surface area contributed by atoms with Crippen molar-refractivity contribution in [2.24, 2.45) is 0 Å². The average Bonchev–Trinajstić information content (AvgIpc) is 2.49. The van der Waals surface area contributed by atoms with E-state index in [2.05, 4.69) is 41.5 Å². The van der Waals surface area contributed by atoms with Crippen LogP contribution in [0.15, 0.2) is 24.3 Å². The van der Waals surface area contributed by atoms with Gasteiger partial charge in [0.2, 0.25) is 5.91 Å². The number of nitrogens with zero attached hydrogens (tertiary/aromatic N) is 1. The highest BCUT2D eigenvalue weighted by atomic mass is 16.1. The number of carbonyl (C=O) groups excluding carboxylic acids is 1. The molecule has 1 aliphatic heterocycles. The largest absolute Gasteiger partial charge is 0.382 e. The maximum Gasteiger partial charge on any atom is 0.224 e. The predicted octanol–water partition coefficient (Wildman–Crippen LogP) is 2.26. The topological polar surface area (TPSA) is 44.4 Å². The Labute approximate surface area is 127 Å². The lowest BCUT2D eigenvalue weighted by Crippen LogP contribution is -2.42. The van der Waals surface area contributed by atoms with Gasteiger partial charge in [0.05, 0.1) is 6.42 Å². The van der Waals surface area contributed by atoms with Crippen LogP contribution < -0.4 is 10.6 Å². The van der Waals surface area contributed by atoms with Crippen LogP contribution in [0.3, 0.4) is 0 Å². The molecule has 0 radical (unpaired) electrons. The van der Waals surface area contributed by atoms with E-state index in [0.717, 1.165) is 11.3 Å². The Kier molecular flexibility index (Phi) is 5.62. The summed E-state index contributed by atoms with van der Waals surface area (Å²) in [5.41, 5.74) is 2.20. The zero-order valence-electron chi connectivity index (χ0n) is 13.4. The van der Waals surface area contributed by atoms with Crippen LogP contribution in [-0.4, -0.2) is 43.0 Å². The predicted molar refractivity (Wildman–Crippen MR) is 87.6 cm³/mol. The van der Waals surface area contributed by atoms with E-state index in [4.69, 9.17) is 0 Å². The SMILES string of the molecule is CNC(=O)Cc1ccc(NC2CCN(C(C)C)CC2)cc1. The van der Waals surface area contributed by atoms with Gasteiger partial charge >= 0.3 is 0 Å². The zero-order chi connectivity index (χ0) is 15.2. The number of likely N-dealkylation sites (tertiary alicyclic amines) is 1. The standard InChI is InChI=1S/C17H27N3O/c1-13(2)20-10-8-16(9-11-20)19-15-6-4-14(5-7-15)12-17(21)18-3/h4-7,13,16,19H,8-12H2,1-3H3,(H,18,21). The highest BCUT2D eigenvalue weighted by molar-refractivity contribution is 5.78. The number of benzene rings is 1. The Hall–Kier alpha value is -1.55. The van der Waals surface area contributed by atoms with Crippen molar-refractivity contribution in [1.29, 1.82) is 0 Å². The van der Waals surface area contributed by atoms with Crippen LogP contribution in [0.25, 0.3) is 0 Å². The van der Waals surface area contributed by atoms with Crippen molar-refractivity contribution in [2.75, 3.05) is 25.5 Å². The number of rotatable bonds is 5. The van der Waals surface area contributed by atoms with Gasteiger partial charge < -0.3 is 15.5 Å². The second-order valence-corrected chi connectivity index (χ2v) is 6.10. The molecular weight excluding hydrogens is 262 g/mol. The monoisotopic (exact) mass is 289 g/mol. The normalized spacial score (nSPS) is 17.0. The number of nitrogens with one attached hydrogen (secondary N) is 2. The van der Waals surface area contributed by atoms with E-state index in [0.29, 0.717) is 18.5 Å². The first-order chi connectivity index (χ1) is 10.1. The lowest BCUT2D eigenvalue weighted by Gasteiger charge is -2.35. The van der Waals surface area contributed by atoms with E-state index in [-0.39, 0.29) is 5.91 Å². The quantitative estimate of drug-likeness (QED) is 0.874. The van der Waals surface area contributed by atoms with Gasteiger partial charge in [0.15, 0.2) is 0 Å². The third kappa shape index (κ3) is 4.74. The van der Waals surface area contributed by atoms with E-state index in [9.17, 15) is 4.79 Å². The number of likely N-dealkylation sites (N-methyl/N-ethyl adjacent to an activating group) is 1. The number of hydrogen-bond acceptors (Lipinski definition) is 3. The van der Waals surface area contributed by atoms with Gasteiger partial charge in [-0.05, 0) is 44.4 Å². The first-order valence-corrected chi connectivity index (χ1v) is 7.88. The molecule has 4 nitrogen and oxygen atoms in total. The Morgan fingerprint density at radius 3 is 2.38 bits per heavy atom. The summed E-state index contributed by atoms with van der Waals surface area (Å²) in [4.78, 5) is 13.9. The molecule has 116 valence electrons. The molecule has 0 atom stereocenters. The van der Waals surface area contributed by atoms with Gasteiger partial charge in [-0.15, -0.1) is 0 Å². The van der Waals surface area contributed by atoms with Gasteiger partial charge in [-0.3, -0.25) is 4.79 Å². The van der Waals surface area contributed by atoms with Crippen molar-refractivity contribution < 1.29 is 4.79 Å². The molecule has 0 unspecified atom stereocenters. The summed E-state index contributed by atoms with van der Waals surface area (Å²) >= 11 is 0. The lowest BCUT2D eigenvalue weighted by molar-refractivity contribution is -0.119. The average molecular weight is 289 g/mol. The van der Waals surface area contributed by atoms with Crippen LogP contribution in [0.5, 0.6) is 0 Å². The van der Waals surface area contributed by atoms with Crippen LogP contribution in [0.4, 0.5) is 5.69 Å². The molecule has 0 aliphatic carbocycles. The molecule has 2 N–H and O–H groups in total.